The summed E-state index contributed by atoms with van der Waals surface area (Å²) in [5.74, 6) is -0.450. The first-order valence-electron chi connectivity index (χ1n) is 10.3. The van der Waals surface area contributed by atoms with Crippen LogP contribution in [0.1, 0.15) is 24.8 Å². The zero-order valence-corrected chi connectivity index (χ0v) is 17.3. The van der Waals surface area contributed by atoms with Crippen molar-refractivity contribution in [1.29, 1.82) is 0 Å². The molecule has 1 aliphatic rings. The number of carbonyl (C=O) groups excluding carboxylic acids is 3. The number of hydrogen-bond acceptors (Lipinski definition) is 4. The number of rotatable bonds is 11. The largest absolute Gasteiger partial charge is 0.484 e. The highest BCUT2D eigenvalue weighted by molar-refractivity contribution is 5.96. The summed E-state index contributed by atoms with van der Waals surface area (Å²) in [6.45, 7) is 3.49. The van der Waals surface area contributed by atoms with Crippen molar-refractivity contribution < 1.29 is 19.1 Å². The van der Waals surface area contributed by atoms with Gasteiger partial charge in [-0.3, -0.25) is 14.4 Å². The van der Waals surface area contributed by atoms with Crippen molar-refractivity contribution in [3.63, 3.8) is 0 Å². The Morgan fingerprint density at radius 2 is 1.74 bits per heavy atom. The molecule has 7 nitrogen and oxygen atoms in total. The number of nitrogens with one attached hydrogen (secondary N) is 3. The molecule has 31 heavy (non-hydrogen) atoms. The minimum atomic E-state index is -1.03. The standard InChI is InChI=1S/C24H27N3O4/c1-2-3-10-15-24(26-20(28)16-18-11-6-4-7-12-18)22(23(30)27-24)25-21(29)17-31-19-13-8-5-9-14-19/h2,4-9,11-14,22H,1,3,10,15-17H2,(H,25,29)(H,26,28)(H,27,30)/t22-,24-/m1/s1. The lowest BCUT2D eigenvalue weighted by atomic mass is 9.84. The first kappa shape index (κ1) is 22.1. The van der Waals surface area contributed by atoms with Crippen LogP contribution in [0.2, 0.25) is 0 Å². The summed E-state index contributed by atoms with van der Waals surface area (Å²) < 4.78 is 5.45. The Bertz CT molecular complexity index is 917. The number of benzene rings is 2. The van der Waals surface area contributed by atoms with Gasteiger partial charge in [0.05, 0.1) is 6.42 Å². The number of allylic oxidation sites excluding steroid dienone is 1. The molecule has 0 spiro atoms. The molecule has 1 saturated heterocycles. The highest BCUT2D eigenvalue weighted by Gasteiger charge is 2.54. The normalized spacial score (nSPS) is 19.5. The Morgan fingerprint density at radius 3 is 2.39 bits per heavy atom. The van der Waals surface area contributed by atoms with Gasteiger partial charge in [0.2, 0.25) is 11.8 Å². The van der Waals surface area contributed by atoms with E-state index in [0.29, 0.717) is 18.6 Å². The van der Waals surface area contributed by atoms with E-state index in [4.69, 9.17) is 4.74 Å². The van der Waals surface area contributed by atoms with Gasteiger partial charge in [-0.25, -0.2) is 0 Å². The monoisotopic (exact) mass is 421 g/mol. The number of hydrogen-bond donors (Lipinski definition) is 3. The van der Waals surface area contributed by atoms with Crippen LogP contribution in [0, 0.1) is 0 Å². The summed E-state index contributed by atoms with van der Waals surface area (Å²) in [6, 6.07) is 17.4. The first-order chi connectivity index (χ1) is 15.0. The molecule has 7 heteroatoms. The van der Waals surface area contributed by atoms with E-state index >= 15 is 0 Å². The third-order valence-corrected chi connectivity index (χ3v) is 5.07. The number of carbonyl (C=O) groups is 3. The van der Waals surface area contributed by atoms with E-state index in [1.165, 1.54) is 0 Å². The molecule has 2 atom stereocenters. The summed E-state index contributed by atoms with van der Waals surface area (Å²) in [6.07, 6.45) is 3.85. The molecule has 0 saturated carbocycles. The Morgan fingerprint density at radius 1 is 1.06 bits per heavy atom. The van der Waals surface area contributed by atoms with Crippen LogP contribution in [0.5, 0.6) is 5.75 Å². The highest BCUT2D eigenvalue weighted by atomic mass is 16.5. The molecular formula is C24H27N3O4. The average molecular weight is 421 g/mol. The molecule has 3 amide bonds. The third-order valence-electron chi connectivity index (χ3n) is 5.07. The van der Waals surface area contributed by atoms with E-state index in [0.717, 1.165) is 12.0 Å². The smallest absolute Gasteiger partial charge is 0.258 e. The Balaban J connectivity index is 1.64. The number of amides is 3. The van der Waals surface area contributed by atoms with Crippen LogP contribution in [0.15, 0.2) is 73.3 Å². The average Bonchev–Trinajstić information content (AvgIpc) is 2.77. The highest BCUT2D eigenvalue weighted by Crippen LogP contribution is 2.25. The molecule has 0 radical (unpaired) electrons. The molecule has 1 heterocycles. The Kier molecular flexibility index (Phi) is 7.43. The van der Waals surface area contributed by atoms with Crippen LogP contribution in [0.4, 0.5) is 0 Å². The molecule has 162 valence electrons. The zero-order chi connectivity index (χ0) is 22.1. The van der Waals surface area contributed by atoms with Gasteiger partial charge in [-0.1, -0.05) is 54.6 Å². The first-order valence-corrected chi connectivity index (χ1v) is 10.3. The SMILES string of the molecule is C=CCCC[C@@]1(NC(=O)Cc2ccccc2)NC(=O)[C@H]1NC(=O)COc1ccccc1. The van der Waals surface area contributed by atoms with Gasteiger partial charge in [0.1, 0.15) is 17.5 Å². The van der Waals surface area contributed by atoms with Gasteiger partial charge < -0.3 is 20.7 Å². The molecule has 0 unspecified atom stereocenters. The summed E-state index contributed by atoms with van der Waals surface area (Å²) in [4.78, 5) is 37.4. The molecule has 2 aromatic carbocycles. The van der Waals surface area contributed by atoms with Crippen LogP contribution in [-0.2, 0) is 20.8 Å². The van der Waals surface area contributed by atoms with Crippen molar-refractivity contribution in [3.05, 3.63) is 78.9 Å². The van der Waals surface area contributed by atoms with Crippen molar-refractivity contribution in [2.45, 2.75) is 37.4 Å². The van der Waals surface area contributed by atoms with Gasteiger partial charge in [0, 0.05) is 0 Å². The number of unbranched alkanes of at least 4 members (excludes halogenated alkanes) is 1. The van der Waals surface area contributed by atoms with Gasteiger partial charge in [0.15, 0.2) is 6.61 Å². The predicted octanol–water partition coefficient (Wildman–Crippen LogP) is 2.09. The third kappa shape index (κ3) is 5.94. The summed E-state index contributed by atoms with van der Waals surface area (Å²) in [7, 11) is 0. The minimum Gasteiger partial charge on any atom is -0.484 e. The molecular weight excluding hydrogens is 394 g/mol. The second-order valence-corrected chi connectivity index (χ2v) is 7.45. The van der Waals surface area contributed by atoms with E-state index in [1.807, 2.05) is 36.4 Å². The number of para-hydroxylation sites is 1. The fourth-order valence-electron chi connectivity index (χ4n) is 3.54. The van der Waals surface area contributed by atoms with Crippen LogP contribution < -0.4 is 20.7 Å². The topological polar surface area (TPSA) is 96.5 Å². The fourth-order valence-corrected chi connectivity index (χ4v) is 3.54. The van der Waals surface area contributed by atoms with Crippen LogP contribution in [-0.4, -0.2) is 36.0 Å². The van der Waals surface area contributed by atoms with Gasteiger partial charge in [-0.05, 0) is 37.0 Å². The second-order valence-electron chi connectivity index (χ2n) is 7.45. The molecule has 3 N–H and O–H groups in total. The fraction of sp³-hybridized carbons (Fsp3) is 0.292. The Hall–Kier alpha value is -3.61. The van der Waals surface area contributed by atoms with Crippen molar-refractivity contribution in [2.75, 3.05) is 6.61 Å². The van der Waals surface area contributed by atoms with Crippen LogP contribution in [0.25, 0.3) is 0 Å². The molecule has 1 fully saturated rings. The van der Waals surface area contributed by atoms with E-state index in [2.05, 4.69) is 22.5 Å². The van der Waals surface area contributed by atoms with Crippen molar-refractivity contribution in [2.24, 2.45) is 0 Å². The van der Waals surface area contributed by atoms with Gasteiger partial charge in [-0.2, -0.15) is 0 Å². The zero-order valence-electron chi connectivity index (χ0n) is 17.3. The van der Waals surface area contributed by atoms with Crippen LogP contribution in [0.3, 0.4) is 0 Å². The lowest BCUT2D eigenvalue weighted by Gasteiger charge is -2.49. The van der Waals surface area contributed by atoms with E-state index in [9.17, 15) is 14.4 Å². The molecule has 3 rings (SSSR count). The summed E-state index contributed by atoms with van der Waals surface area (Å²) in [5.41, 5.74) is -0.169. The Labute approximate surface area is 181 Å². The van der Waals surface area contributed by atoms with E-state index in [1.54, 1.807) is 30.3 Å². The lowest BCUT2D eigenvalue weighted by molar-refractivity contribution is -0.147. The van der Waals surface area contributed by atoms with Gasteiger partial charge >= 0.3 is 0 Å². The maximum Gasteiger partial charge on any atom is 0.258 e. The van der Waals surface area contributed by atoms with Crippen molar-refractivity contribution >= 4 is 17.7 Å². The molecule has 0 aromatic heterocycles. The number of ether oxygens (including phenoxy) is 1. The molecule has 0 aliphatic carbocycles. The minimum absolute atomic E-state index is 0.178. The van der Waals surface area contributed by atoms with Crippen molar-refractivity contribution in [1.82, 2.24) is 16.0 Å². The molecule has 1 aliphatic heterocycles. The predicted molar refractivity (Wildman–Crippen MR) is 117 cm³/mol. The van der Waals surface area contributed by atoms with Gasteiger partial charge in [0.25, 0.3) is 5.91 Å². The lowest BCUT2D eigenvalue weighted by Crippen LogP contribution is -2.84. The van der Waals surface area contributed by atoms with Crippen LogP contribution >= 0.6 is 0 Å². The quantitative estimate of drug-likeness (QED) is 0.294. The van der Waals surface area contributed by atoms with Gasteiger partial charge in [-0.15, -0.1) is 6.58 Å². The van der Waals surface area contributed by atoms with E-state index in [-0.39, 0.29) is 24.8 Å². The molecule has 2 aromatic rings. The van der Waals surface area contributed by atoms with E-state index < -0.39 is 17.6 Å². The summed E-state index contributed by atoms with van der Waals surface area (Å²) >= 11 is 0. The molecule has 0 bridgehead atoms. The van der Waals surface area contributed by atoms with Crippen molar-refractivity contribution in [3.8, 4) is 5.75 Å². The maximum atomic E-state index is 12.7. The maximum absolute atomic E-state index is 12.7. The second kappa shape index (κ2) is 10.4. The number of β-lactam (4-membered cyclic amide) rings is 1. The summed E-state index contributed by atoms with van der Waals surface area (Å²) in [5, 5.41) is 8.44.